The van der Waals surface area contributed by atoms with Gasteiger partial charge in [-0.1, -0.05) is 6.07 Å². The number of anilines is 2. The molecule has 2 heterocycles. The summed E-state index contributed by atoms with van der Waals surface area (Å²) in [6.07, 6.45) is 2.72. The zero-order chi connectivity index (χ0) is 24.7. The number of rotatable bonds is 7. The molecule has 2 amide bonds. The van der Waals surface area contributed by atoms with Gasteiger partial charge < -0.3 is 29.7 Å². The van der Waals surface area contributed by atoms with Crippen molar-refractivity contribution < 1.29 is 19.0 Å². The van der Waals surface area contributed by atoms with Crippen LogP contribution in [0.4, 0.5) is 16.3 Å². The molecule has 0 spiro atoms. The minimum Gasteiger partial charge on any atom is -0.493 e. The van der Waals surface area contributed by atoms with Crippen LogP contribution in [-0.2, 0) is 6.54 Å². The largest absolute Gasteiger partial charge is 0.493 e. The van der Waals surface area contributed by atoms with Crippen molar-refractivity contribution in [2.45, 2.75) is 39.3 Å². The van der Waals surface area contributed by atoms with E-state index in [4.69, 9.17) is 14.2 Å². The number of ether oxygens (including phenoxy) is 3. The molecular weight excluding hydrogens is 434 g/mol. The number of urea groups is 1. The van der Waals surface area contributed by atoms with Gasteiger partial charge >= 0.3 is 6.03 Å². The molecule has 1 aliphatic heterocycles. The van der Waals surface area contributed by atoms with Crippen LogP contribution in [0, 0.1) is 0 Å². The van der Waals surface area contributed by atoms with Crippen LogP contribution in [0.1, 0.15) is 32.8 Å². The van der Waals surface area contributed by atoms with E-state index in [9.17, 15) is 4.79 Å². The number of methoxy groups -OCH3 is 3. The molecule has 1 aromatic heterocycles. The Balaban J connectivity index is 1.61. The molecule has 0 bridgehead atoms. The Hall–Kier alpha value is -3.20. The Kier molecular flexibility index (Phi) is 8.44. The van der Waals surface area contributed by atoms with Crippen LogP contribution < -0.4 is 29.7 Å². The predicted molar refractivity (Wildman–Crippen MR) is 134 cm³/mol. The summed E-state index contributed by atoms with van der Waals surface area (Å²) < 4.78 is 16.6. The number of aromatic nitrogens is 1. The Morgan fingerprint density at radius 1 is 0.971 bits per heavy atom. The molecule has 0 aliphatic carbocycles. The van der Waals surface area contributed by atoms with Gasteiger partial charge in [-0.3, -0.25) is 4.90 Å². The molecule has 2 aromatic rings. The van der Waals surface area contributed by atoms with Gasteiger partial charge in [0.2, 0.25) is 5.75 Å². The number of pyridine rings is 1. The maximum Gasteiger partial charge on any atom is 0.319 e. The number of nitrogens with one attached hydrogen (secondary N) is 2. The van der Waals surface area contributed by atoms with Gasteiger partial charge in [-0.15, -0.1) is 0 Å². The Morgan fingerprint density at radius 2 is 1.74 bits per heavy atom. The van der Waals surface area contributed by atoms with Gasteiger partial charge in [0.1, 0.15) is 5.82 Å². The van der Waals surface area contributed by atoms with E-state index in [2.05, 4.69) is 25.4 Å². The van der Waals surface area contributed by atoms with Crippen molar-refractivity contribution in [1.29, 1.82) is 0 Å². The van der Waals surface area contributed by atoms with Crippen LogP contribution in [0.5, 0.6) is 17.2 Å². The molecule has 1 saturated heterocycles. The summed E-state index contributed by atoms with van der Waals surface area (Å²) in [5, 5.41) is 5.72. The van der Waals surface area contributed by atoms with Crippen molar-refractivity contribution in [2.75, 3.05) is 57.7 Å². The average molecular weight is 472 g/mol. The first-order valence-electron chi connectivity index (χ1n) is 11.5. The van der Waals surface area contributed by atoms with Crippen molar-refractivity contribution in [3.05, 3.63) is 36.0 Å². The Morgan fingerprint density at radius 3 is 2.35 bits per heavy atom. The molecule has 9 heteroatoms. The number of amides is 2. The van der Waals surface area contributed by atoms with Crippen molar-refractivity contribution in [3.8, 4) is 17.2 Å². The third-order valence-corrected chi connectivity index (χ3v) is 5.59. The molecule has 1 aliphatic rings. The van der Waals surface area contributed by atoms with Crippen LogP contribution in [0.3, 0.4) is 0 Å². The van der Waals surface area contributed by atoms with Gasteiger partial charge in [0.05, 0.1) is 33.2 Å². The fraction of sp³-hybridized carbons (Fsp3) is 0.520. The second-order valence-electron chi connectivity index (χ2n) is 9.34. The van der Waals surface area contributed by atoms with E-state index in [-0.39, 0.29) is 11.6 Å². The summed E-state index contributed by atoms with van der Waals surface area (Å²) in [6, 6.07) is 7.56. The Labute approximate surface area is 202 Å². The molecule has 1 fully saturated rings. The highest BCUT2D eigenvalue weighted by Crippen LogP contribution is 2.40. The number of carbonyl (C=O) groups excluding carboxylic acids is 1. The van der Waals surface area contributed by atoms with Gasteiger partial charge in [0, 0.05) is 43.8 Å². The monoisotopic (exact) mass is 471 g/mol. The highest BCUT2D eigenvalue weighted by molar-refractivity contribution is 5.89. The molecule has 9 nitrogen and oxygen atoms in total. The average Bonchev–Trinajstić information content (AvgIpc) is 3.03. The first kappa shape index (κ1) is 25.4. The molecular formula is C25H37N5O4. The highest BCUT2D eigenvalue weighted by Gasteiger charge is 2.21. The van der Waals surface area contributed by atoms with E-state index >= 15 is 0 Å². The van der Waals surface area contributed by atoms with E-state index in [0.717, 1.165) is 50.5 Å². The van der Waals surface area contributed by atoms with Gasteiger partial charge in [-0.25, -0.2) is 9.78 Å². The number of nitrogens with zero attached hydrogens (tertiary/aromatic N) is 3. The lowest BCUT2D eigenvalue weighted by atomic mass is 10.1. The third-order valence-electron chi connectivity index (χ3n) is 5.59. The zero-order valence-electron chi connectivity index (χ0n) is 21.1. The topological polar surface area (TPSA) is 88.2 Å². The van der Waals surface area contributed by atoms with E-state index in [1.807, 2.05) is 45.0 Å². The van der Waals surface area contributed by atoms with Gasteiger partial charge in [0.25, 0.3) is 0 Å². The summed E-state index contributed by atoms with van der Waals surface area (Å²) >= 11 is 0. The van der Waals surface area contributed by atoms with Gasteiger partial charge in [-0.2, -0.15) is 0 Å². The summed E-state index contributed by atoms with van der Waals surface area (Å²) in [7, 11) is 4.90. The predicted octanol–water partition coefficient (Wildman–Crippen LogP) is 3.74. The third kappa shape index (κ3) is 6.66. The van der Waals surface area contributed by atoms with E-state index in [0.29, 0.717) is 22.9 Å². The number of carbonyl (C=O) groups is 1. The fourth-order valence-electron chi connectivity index (χ4n) is 4.04. The van der Waals surface area contributed by atoms with Crippen LogP contribution in [0.2, 0.25) is 0 Å². The highest BCUT2D eigenvalue weighted by atomic mass is 16.5. The minimum absolute atomic E-state index is 0.238. The molecule has 0 atom stereocenters. The number of hydrogen-bond donors (Lipinski definition) is 2. The van der Waals surface area contributed by atoms with E-state index in [1.165, 1.54) is 0 Å². The normalized spacial score (nSPS) is 14.8. The summed E-state index contributed by atoms with van der Waals surface area (Å²) in [5.41, 5.74) is 1.44. The molecule has 186 valence electrons. The molecule has 34 heavy (non-hydrogen) atoms. The lowest BCUT2D eigenvalue weighted by Gasteiger charge is -2.24. The molecule has 0 radical (unpaired) electrons. The van der Waals surface area contributed by atoms with Crippen molar-refractivity contribution >= 4 is 17.5 Å². The lowest BCUT2D eigenvalue weighted by Crippen LogP contribution is -2.43. The first-order valence-corrected chi connectivity index (χ1v) is 11.5. The molecule has 1 aromatic carbocycles. The number of benzene rings is 1. The van der Waals surface area contributed by atoms with Crippen molar-refractivity contribution in [1.82, 2.24) is 15.2 Å². The Bertz CT molecular complexity index is 959. The van der Waals surface area contributed by atoms with Crippen LogP contribution in [0.15, 0.2) is 30.5 Å². The lowest BCUT2D eigenvalue weighted by molar-refractivity contribution is 0.244. The molecule has 2 N–H and O–H groups in total. The molecule has 3 rings (SSSR count). The van der Waals surface area contributed by atoms with E-state index < -0.39 is 0 Å². The second kappa shape index (κ2) is 11.3. The SMILES string of the molecule is COc1ccc(CN2CCCN(c3ccc(NC(=O)NC(C)(C)C)cn3)CC2)c(OC)c1OC. The van der Waals surface area contributed by atoms with Crippen molar-refractivity contribution in [2.24, 2.45) is 0 Å². The minimum atomic E-state index is -0.295. The van der Waals surface area contributed by atoms with Crippen LogP contribution in [-0.4, -0.2) is 69.0 Å². The quantitative estimate of drug-likeness (QED) is 0.636. The number of hydrogen-bond acceptors (Lipinski definition) is 7. The van der Waals surface area contributed by atoms with E-state index in [1.54, 1.807) is 27.5 Å². The first-order chi connectivity index (χ1) is 16.2. The zero-order valence-corrected chi connectivity index (χ0v) is 21.1. The van der Waals surface area contributed by atoms with Gasteiger partial charge in [0.15, 0.2) is 11.5 Å². The smallest absolute Gasteiger partial charge is 0.319 e. The van der Waals surface area contributed by atoms with Crippen LogP contribution in [0.25, 0.3) is 0 Å². The fourth-order valence-corrected chi connectivity index (χ4v) is 4.04. The molecule has 0 unspecified atom stereocenters. The maximum absolute atomic E-state index is 12.1. The second-order valence-corrected chi connectivity index (χ2v) is 9.34. The van der Waals surface area contributed by atoms with Crippen molar-refractivity contribution in [3.63, 3.8) is 0 Å². The van der Waals surface area contributed by atoms with Crippen LogP contribution >= 0.6 is 0 Å². The molecule has 0 saturated carbocycles. The summed E-state index contributed by atoms with van der Waals surface area (Å²) in [4.78, 5) is 21.4. The summed E-state index contributed by atoms with van der Waals surface area (Å²) in [6.45, 7) is 10.2. The summed E-state index contributed by atoms with van der Waals surface area (Å²) in [5.74, 6) is 2.90. The maximum atomic E-state index is 12.1. The standard InChI is InChI=1S/C25H37N5O4/c1-25(2,3)28-24(31)27-19-9-11-21(26-16-19)30-13-7-12-29(14-15-30)17-18-8-10-20(32-4)23(34-6)22(18)33-5/h8-11,16H,7,12-15,17H2,1-6H3,(H2,27,28,31). The van der Waals surface area contributed by atoms with Gasteiger partial charge in [-0.05, 0) is 45.4 Å².